The number of carbonyl (C=O) groups excluding carboxylic acids is 1. The van der Waals surface area contributed by atoms with Crippen LogP contribution in [0.25, 0.3) is 0 Å². The lowest BCUT2D eigenvalue weighted by Crippen LogP contribution is -2.50. The van der Waals surface area contributed by atoms with E-state index in [0.717, 1.165) is 0 Å². The number of nitrogens with zero attached hydrogens (tertiary/aromatic N) is 2. The van der Waals surface area contributed by atoms with E-state index in [1.54, 1.807) is 24.0 Å². The number of aliphatic hydroxyl groups excluding tert-OH is 1. The third-order valence-electron chi connectivity index (χ3n) is 4.06. The molecule has 0 aliphatic carbocycles. The van der Waals surface area contributed by atoms with E-state index in [4.69, 9.17) is 4.74 Å². The molecule has 23 heavy (non-hydrogen) atoms. The van der Waals surface area contributed by atoms with E-state index in [1.807, 2.05) is 6.92 Å². The first-order valence-electron chi connectivity index (χ1n) is 8.05. The summed E-state index contributed by atoms with van der Waals surface area (Å²) < 4.78 is 18.8. The van der Waals surface area contributed by atoms with Crippen molar-refractivity contribution in [3.05, 3.63) is 35.1 Å². The molecular formula is C17H25FN2O3. The second kappa shape index (κ2) is 8.38. The third-order valence-corrected chi connectivity index (χ3v) is 4.06. The van der Waals surface area contributed by atoms with Gasteiger partial charge < -0.3 is 14.7 Å². The molecule has 6 heteroatoms. The SMILES string of the molecule is CCOC[C@H](O)CN1CCN(C(=O)c2ccc(C)c(F)c2)CC1. The highest BCUT2D eigenvalue weighted by atomic mass is 19.1. The first kappa shape index (κ1) is 17.8. The first-order valence-corrected chi connectivity index (χ1v) is 8.05. The number of β-amino-alcohol motifs (C(OH)–C–C–N with tert-alkyl or cyclic N) is 1. The topological polar surface area (TPSA) is 53.0 Å². The second-order valence-electron chi connectivity index (χ2n) is 5.87. The van der Waals surface area contributed by atoms with Gasteiger partial charge in [-0.2, -0.15) is 0 Å². The summed E-state index contributed by atoms with van der Waals surface area (Å²) in [4.78, 5) is 16.3. The van der Waals surface area contributed by atoms with Crippen molar-refractivity contribution in [2.45, 2.75) is 20.0 Å². The Morgan fingerprint density at radius 3 is 2.65 bits per heavy atom. The van der Waals surface area contributed by atoms with Crippen LogP contribution >= 0.6 is 0 Å². The van der Waals surface area contributed by atoms with Crippen molar-refractivity contribution in [1.82, 2.24) is 9.80 Å². The van der Waals surface area contributed by atoms with Crippen LogP contribution in [0.1, 0.15) is 22.8 Å². The molecule has 1 N–H and O–H groups in total. The zero-order valence-corrected chi connectivity index (χ0v) is 13.8. The van der Waals surface area contributed by atoms with Crippen molar-refractivity contribution in [3.8, 4) is 0 Å². The van der Waals surface area contributed by atoms with E-state index in [0.29, 0.717) is 57.1 Å². The van der Waals surface area contributed by atoms with Gasteiger partial charge in [-0.3, -0.25) is 9.69 Å². The number of hydrogen-bond donors (Lipinski definition) is 1. The molecule has 0 radical (unpaired) electrons. The molecule has 1 aromatic carbocycles. The normalized spacial score (nSPS) is 17.3. The number of halogens is 1. The van der Waals surface area contributed by atoms with E-state index < -0.39 is 6.10 Å². The van der Waals surface area contributed by atoms with Gasteiger partial charge in [0.1, 0.15) is 5.82 Å². The summed E-state index contributed by atoms with van der Waals surface area (Å²) in [6, 6.07) is 4.59. The summed E-state index contributed by atoms with van der Waals surface area (Å²) in [5.41, 5.74) is 0.924. The smallest absolute Gasteiger partial charge is 0.254 e. The van der Waals surface area contributed by atoms with Gasteiger partial charge >= 0.3 is 0 Å². The molecule has 1 aliphatic heterocycles. The molecule has 0 spiro atoms. The number of benzene rings is 1. The van der Waals surface area contributed by atoms with E-state index in [2.05, 4.69) is 4.90 Å². The fraction of sp³-hybridized carbons (Fsp3) is 0.588. The number of aryl methyl sites for hydroxylation is 1. The molecule has 0 saturated carbocycles. The predicted octanol–water partition coefficient (Wildman–Crippen LogP) is 1.29. The van der Waals surface area contributed by atoms with Gasteiger partial charge in [-0.25, -0.2) is 4.39 Å². The number of amides is 1. The Kier molecular flexibility index (Phi) is 6.50. The van der Waals surface area contributed by atoms with Gasteiger partial charge in [0.25, 0.3) is 5.91 Å². The average Bonchev–Trinajstić information content (AvgIpc) is 2.55. The zero-order chi connectivity index (χ0) is 16.8. The summed E-state index contributed by atoms with van der Waals surface area (Å²) in [6.07, 6.45) is -0.511. The number of piperazine rings is 1. The van der Waals surface area contributed by atoms with Crippen molar-refractivity contribution in [3.63, 3.8) is 0 Å². The Balaban J connectivity index is 1.83. The van der Waals surface area contributed by atoms with Gasteiger partial charge in [0.2, 0.25) is 0 Å². The third kappa shape index (κ3) is 4.99. The summed E-state index contributed by atoms with van der Waals surface area (Å²) in [6.45, 7) is 7.59. The van der Waals surface area contributed by atoms with Crippen LogP contribution in [0.3, 0.4) is 0 Å². The van der Waals surface area contributed by atoms with Crippen LogP contribution in [0.2, 0.25) is 0 Å². The number of ether oxygens (including phenoxy) is 1. The van der Waals surface area contributed by atoms with Crippen molar-refractivity contribution in [1.29, 1.82) is 0 Å². The second-order valence-corrected chi connectivity index (χ2v) is 5.87. The molecule has 1 fully saturated rings. The summed E-state index contributed by atoms with van der Waals surface area (Å²) >= 11 is 0. The molecule has 1 aromatic rings. The lowest BCUT2D eigenvalue weighted by Gasteiger charge is -2.35. The van der Waals surface area contributed by atoms with Gasteiger partial charge in [-0.05, 0) is 31.5 Å². The van der Waals surface area contributed by atoms with E-state index >= 15 is 0 Å². The molecule has 0 unspecified atom stereocenters. The van der Waals surface area contributed by atoms with Crippen LogP contribution in [-0.4, -0.2) is 72.9 Å². The lowest BCUT2D eigenvalue weighted by atomic mass is 10.1. The Hall–Kier alpha value is -1.50. The molecule has 1 heterocycles. The van der Waals surface area contributed by atoms with Gasteiger partial charge in [0, 0.05) is 44.9 Å². The van der Waals surface area contributed by atoms with Gasteiger partial charge in [-0.1, -0.05) is 6.07 Å². The molecule has 1 atom stereocenters. The Morgan fingerprint density at radius 2 is 2.04 bits per heavy atom. The van der Waals surface area contributed by atoms with E-state index in [9.17, 15) is 14.3 Å². The van der Waals surface area contributed by atoms with Crippen LogP contribution in [0, 0.1) is 12.7 Å². The maximum absolute atomic E-state index is 13.6. The van der Waals surface area contributed by atoms with Crippen LogP contribution in [-0.2, 0) is 4.74 Å². The van der Waals surface area contributed by atoms with Crippen LogP contribution in [0.4, 0.5) is 4.39 Å². The molecule has 0 bridgehead atoms. The van der Waals surface area contributed by atoms with Gasteiger partial charge in [-0.15, -0.1) is 0 Å². The number of hydrogen-bond acceptors (Lipinski definition) is 4. The van der Waals surface area contributed by atoms with Crippen LogP contribution in [0.5, 0.6) is 0 Å². The first-order chi connectivity index (χ1) is 11.0. The highest BCUT2D eigenvalue weighted by molar-refractivity contribution is 5.94. The summed E-state index contributed by atoms with van der Waals surface area (Å²) in [7, 11) is 0. The largest absolute Gasteiger partial charge is 0.389 e. The Labute approximate surface area is 136 Å². The molecular weight excluding hydrogens is 299 g/mol. The van der Waals surface area contributed by atoms with E-state index in [-0.39, 0.29) is 11.7 Å². The Bertz CT molecular complexity index is 531. The highest BCUT2D eigenvalue weighted by Gasteiger charge is 2.23. The monoisotopic (exact) mass is 324 g/mol. The van der Waals surface area contributed by atoms with Crippen molar-refractivity contribution in [2.24, 2.45) is 0 Å². The van der Waals surface area contributed by atoms with Crippen LogP contribution in [0.15, 0.2) is 18.2 Å². The predicted molar refractivity (Wildman–Crippen MR) is 86.0 cm³/mol. The van der Waals surface area contributed by atoms with Gasteiger partial charge in [0.15, 0.2) is 0 Å². The number of rotatable bonds is 6. The minimum atomic E-state index is -0.511. The molecule has 2 rings (SSSR count). The molecule has 0 aromatic heterocycles. The number of aliphatic hydroxyl groups is 1. The minimum Gasteiger partial charge on any atom is -0.389 e. The quantitative estimate of drug-likeness (QED) is 0.857. The fourth-order valence-electron chi connectivity index (χ4n) is 2.65. The summed E-state index contributed by atoms with van der Waals surface area (Å²) in [5, 5.41) is 9.85. The standard InChI is InChI=1S/C17H25FN2O3/c1-3-23-12-15(21)11-19-6-8-20(9-7-19)17(22)14-5-4-13(2)16(18)10-14/h4-5,10,15,21H,3,6-9,11-12H2,1-2H3/t15-/m1/s1. The highest BCUT2D eigenvalue weighted by Crippen LogP contribution is 2.13. The van der Waals surface area contributed by atoms with Gasteiger partial charge in [0.05, 0.1) is 12.7 Å². The maximum Gasteiger partial charge on any atom is 0.254 e. The molecule has 1 aliphatic rings. The molecule has 1 amide bonds. The average molecular weight is 324 g/mol. The maximum atomic E-state index is 13.6. The Morgan fingerprint density at radius 1 is 1.35 bits per heavy atom. The zero-order valence-electron chi connectivity index (χ0n) is 13.8. The lowest BCUT2D eigenvalue weighted by molar-refractivity contribution is 0.0111. The molecule has 5 nitrogen and oxygen atoms in total. The van der Waals surface area contributed by atoms with Crippen molar-refractivity contribution in [2.75, 3.05) is 45.9 Å². The molecule has 128 valence electrons. The minimum absolute atomic E-state index is 0.140. The van der Waals surface area contributed by atoms with Crippen molar-refractivity contribution >= 4 is 5.91 Å². The van der Waals surface area contributed by atoms with Crippen LogP contribution < -0.4 is 0 Å². The van der Waals surface area contributed by atoms with E-state index in [1.165, 1.54) is 6.07 Å². The summed E-state index contributed by atoms with van der Waals surface area (Å²) in [5.74, 6) is -0.494. The van der Waals surface area contributed by atoms with Crippen molar-refractivity contribution < 1.29 is 19.0 Å². The molecule has 1 saturated heterocycles. The fourth-order valence-corrected chi connectivity index (χ4v) is 2.65. The number of carbonyl (C=O) groups is 1.